The highest BCUT2D eigenvalue weighted by molar-refractivity contribution is 7.99. The quantitative estimate of drug-likeness (QED) is 0.749. The van der Waals surface area contributed by atoms with Crippen molar-refractivity contribution in [3.8, 4) is 0 Å². The van der Waals surface area contributed by atoms with E-state index < -0.39 is 9.84 Å². The van der Waals surface area contributed by atoms with E-state index in [1.54, 1.807) is 35.8 Å². The first kappa shape index (κ1) is 21.9. The number of nitrogens with one attached hydrogen (secondary N) is 1. The number of hydrogen-bond donors (Lipinski definition) is 1. The van der Waals surface area contributed by atoms with Gasteiger partial charge in [-0.3, -0.25) is 14.3 Å². The average molecular weight is 463 g/mol. The standard InChI is InChI=1S/C21H26N4O4S2/c1-13-17(14(2)25(23-13)16-7-9-31(28,29)12-16)11-24(3)21(27)15-4-5-19-18(10-15)22-20(26)6-8-30-19/h4-5,10,16H,6-9,11-12H2,1-3H3,(H,22,26)/t16-/m1/s1. The van der Waals surface area contributed by atoms with Crippen molar-refractivity contribution in [2.75, 3.05) is 29.6 Å². The van der Waals surface area contributed by atoms with Gasteiger partial charge < -0.3 is 10.2 Å². The molecule has 2 amide bonds. The lowest BCUT2D eigenvalue weighted by molar-refractivity contribution is -0.115. The largest absolute Gasteiger partial charge is 0.337 e. The summed E-state index contributed by atoms with van der Waals surface area (Å²) in [7, 11) is -1.27. The van der Waals surface area contributed by atoms with Crippen LogP contribution in [0.4, 0.5) is 5.69 Å². The minimum atomic E-state index is -3.01. The molecule has 1 aromatic heterocycles. The van der Waals surface area contributed by atoms with E-state index in [0.29, 0.717) is 30.6 Å². The van der Waals surface area contributed by atoms with Gasteiger partial charge in [0.25, 0.3) is 5.91 Å². The van der Waals surface area contributed by atoms with Crippen LogP contribution in [-0.4, -0.2) is 59.2 Å². The van der Waals surface area contributed by atoms with Gasteiger partial charge in [0, 0.05) is 47.5 Å². The maximum atomic E-state index is 13.1. The van der Waals surface area contributed by atoms with Gasteiger partial charge in [-0.05, 0) is 38.5 Å². The van der Waals surface area contributed by atoms with Gasteiger partial charge in [-0.25, -0.2) is 8.42 Å². The van der Waals surface area contributed by atoms with Crippen molar-refractivity contribution in [3.63, 3.8) is 0 Å². The van der Waals surface area contributed by atoms with Crippen molar-refractivity contribution >= 4 is 39.1 Å². The summed E-state index contributed by atoms with van der Waals surface area (Å²) in [5.41, 5.74) is 3.80. The van der Waals surface area contributed by atoms with Crippen LogP contribution in [0.15, 0.2) is 23.1 Å². The molecule has 1 fully saturated rings. The van der Waals surface area contributed by atoms with Crippen LogP contribution in [0.2, 0.25) is 0 Å². The summed E-state index contributed by atoms with van der Waals surface area (Å²) in [6, 6.07) is 5.25. The Balaban J connectivity index is 1.53. The van der Waals surface area contributed by atoms with Crippen LogP contribution in [0.5, 0.6) is 0 Å². The topological polar surface area (TPSA) is 101 Å². The molecule has 2 aromatic rings. The van der Waals surface area contributed by atoms with Gasteiger partial charge in [0.2, 0.25) is 5.91 Å². The molecule has 1 saturated heterocycles. The Morgan fingerprint density at radius 2 is 2.13 bits per heavy atom. The zero-order chi connectivity index (χ0) is 22.3. The van der Waals surface area contributed by atoms with Crippen LogP contribution in [-0.2, 0) is 21.2 Å². The van der Waals surface area contributed by atoms with Gasteiger partial charge in [0.1, 0.15) is 0 Å². The molecule has 0 aliphatic carbocycles. The highest BCUT2D eigenvalue weighted by Gasteiger charge is 2.31. The Kier molecular flexibility index (Phi) is 5.87. The van der Waals surface area contributed by atoms with E-state index in [4.69, 9.17) is 0 Å². The maximum absolute atomic E-state index is 13.1. The van der Waals surface area contributed by atoms with E-state index >= 15 is 0 Å². The maximum Gasteiger partial charge on any atom is 0.253 e. The van der Waals surface area contributed by atoms with Crippen molar-refractivity contribution in [2.24, 2.45) is 0 Å². The highest BCUT2D eigenvalue weighted by Crippen LogP contribution is 2.32. The molecule has 8 nitrogen and oxygen atoms in total. The normalized spacial score (nSPS) is 20.1. The van der Waals surface area contributed by atoms with Gasteiger partial charge in [-0.1, -0.05) is 0 Å². The SMILES string of the molecule is Cc1nn([C@@H]2CCS(=O)(=O)C2)c(C)c1CN(C)C(=O)c1ccc2c(c1)NC(=O)CCS2. The molecule has 0 bridgehead atoms. The first-order chi connectivity index (χ1) is 14.6. The minimum Gasteiger partial charge on any atom is -0.337 e. The molecule has 4 rings (SSSR count). The van der Waals surface area contributed by atoms with Crippen LogP contribution in [0.3, 0.4) is 0 Å². The number of amides is 2. The monoisotopic (exact) mass is 462 g/mol. The number of carbonyl (C=O) groups excluding carboxylic acids is 2. The number of anilines is 1. The molecular weight excluding hydrogens is 436 g/mol. The number of carbonyl (C=O) groups is 2. The number of thioether (sulfide) groups is 1. The van der Waals surface area contributed by atoms with Gasteiger partial charge >= 0.3 is 0 Å². The zero-order valence-corrected chi connectivity index (χ0v) is 19.5. The summed E-state index contributed by atoms with van der Waals surface area (Å²) in [6.45, 7) is 4.18. The molecule has 10 heteroatoms. The summed E-state index contributed by atoms with van der Waals surface area (Å²) in [6.07, 6.45) is 1.02. The molecule has 1 atom stereocenters. The van der Waals surface area contributed by atoms with Crippen molar-refractivity contribution in [3.05, 3.63) is 40.7 Å². The summed E-state index contributed by atoms with van der Waals surface area (Å²) < 4.78 is 25.5. The van der Waals surface area contributed by atoms with E-state index in [9.17, 15) is 18.0 Å². The molecule has 2 aliphatic heterocycles. The van der Waals surface area contributed by atoms with Crippen molar-refractivity contribution in [1.82, 2.24) is 14.7 Å². The number of sulfone groups is 1. The Hall–Kier alpha value is -2.33. The van der Waals surface area contributed by atoms with Crippen LogP contribution in [0, 0.1) is 13.8 Å². The first-order valence-electron chi connectivity index (χ1n) is 10.2. The lowest BCUT2D eigenvalue weighted by atomic mass is 10.1. The third-order valence-corrected chi connectivity index (χ3v) is 8.68. The molecule has 0 unspecified atom stereocenters. The molecular formula is C21H26N4O4S2. The second-order valence-electron chi connectivity index (χ2n) is 8.17. The molecule has 1 aromatic carbocycles. The fourth-order valence-electron chi connectivity index (χ4n) is 4.13. The summed E-state index contributed by atoms with van der Waals surface area (Å²) in [5, 5.41) is 7.46. The molecule has 1 N–H and O–H groups in total. The van der Waals surface area contributed by atoms with Crippen molar-refractivity contribution in [1.29, 1.82) is 0 Å². The van der Waals surface area contributed by atoms with E-state index in [1.165, 1.54) is 0 Å². The van der Waals surface area contributed by atoms with Crippen LogP contribution in [0.25, 0.3) is 0 Å². The highest BCUT2D eigenvalue weighted by atomic mass is 32.2. The Labute approximate surface area is 186 Å². The predicted octanol–water partition coefficient (Wildman–Crippen LogP) is 2.57. The van der Waals surface area contributed by atoms with E-state index in [0.717, 1.165) is 27.6 Å². The fraction of sp³-hybridized carbons (Fsp3) is 0.476. The molecule has 0 saturated carbocycles. The zero-order valence-electron chi connectivity index (χ0n) is 17.8. The van der Waals surface area contributed by atoms with Crippen molar-refractivity contribution < 1.29 is 18.0 Å². The number of aromatic nitrogens is 2. The fourth-order valence-corrected chi connectivity index (χ4v) is 6.76. The van der Waals surface area contributed by atoms with Gasteiger partial charge in [0.15, 0.2) is 9.84 Å². The smallest absolute Gasteiger partial charge is 0.253 e. The molecule has 0 radical (unpaired) electrons. The number of nitrogens with zero attached hydrogens (tertiary/aromatic N) is 3. The van der Waals surface area contributed by atoms with Crippen LogP contribution in [0.1, 0.15) is 46.2 Å². The predicted molar refractivity (Wildman–Crippen MR) is 120 cm³/mol. The van der Waals surface area contributed by atoms with Gasteiger partial charge in [-0.15, -0.1) is 11.8 Å². The first-order valence-corrected chi connectivity index (χ1v) is 13.0. The van der Waals surface area contributed by atoms with E-state index in [1.807, 2.05) is 24.6 Å². The van der Waals surface area contributed by atoms with Crippen LogP contribution >= 0.6 is 11.8 Å². The second kappa shape index (κ2) is 8.31. The molecule has 3 heterocycles. The Morgan fingerprint density at radius 3 is 2.84 bits per heavy atom. The van der Waals surface area contributed by atoms with E-state index in [2.05, 4.69) is 10.4 Å². The third kappa shape index (κ3) is 4.50. The van der Waals surface area contributed by atoms with Gasteiger partial charge in [0.05, 0.1) is 28.9 Å². The second-order valence-corrected chi connectivity index (χ2v) is 11.5. The summed E-state index contributed by atoms with van der Waals surface area (Å²) in [4.78, 5) is 27.5. The number of rotatable bonds is 4. The molecule has 31 heavy (non-hydrogen) atoms. The lowest BCUT2D eigenvalue weighted by Gasteiger charge is -2.19. The molecule has 2 aliphatic rings. The van der Waals surface area contributed by atoms with Crippen molar-refractivity contribution in [2.45, 2.75) is 44.2 Å². The summed E-state index contributed by atoms with van der Waals surface area (Å²) in [5.74, 6) is 0.827. The Morgan fingerprint density at radius 1 is 1.35 bits per heavy atom. The molecule has 0 spiro atoms. The van der Waals surface area contributed by atoms with E-state index in [-0.39, 0.29) is 29.4 Å². The third-order valence-electron chi connectivity index (χ3n) is 5.86. The van der Waals surface area contributed by atoms with Gasteiger partial charge in [-0.2, -0.15) is 5.10 Å². The number of fused-ring (bicyclic) bond motifs is 1. The Bertz CT molecular complexity index is 1160. The number of benzene rings is 1. The average Bonchev–Trinajstić information content (AvgIpc) is 3.13. The molecule has 166 valence electrons. The minimum absolute atomic E-state index is 0.0446. The number of hydrogen-bond acceptors (Lipinski definition) is 6. The number of aryl methyl sites for hydroxylation is 1. The summed E-state index contributed by atoms with van der Waals surface area (Å²) >= 11 is 1.60. The lowest BCUT2D eigenvalue weighted by Crippen LogP contribution is -2.27. The van der Waals surface area contributed by atoms with Crippen LogP contribution < -0.4 is 5.32 Å².